The number of aromatic nitrogens is 4. The number of amides is 1. The van der Waals surface area contributed by atoms with Gasteiger partial charge in [-0.2, -0.15) is 5.10 Å². The normalized spacial score (nSPS) is 13.4. The Labute approximate surface area is 174 Å². The summed E-state index contributed by atoms with van der Waals surface area (Å²) in [5.41, 5.74) is 5.00. The quantitative estimate of drug-likeness (QED) is 0.529. The Morgan fingerprint density at radius 1 is 1.07 bits per heavy atom. The van der Waals surface area contributed by atoms with Crippen LogP contribution in [0.15, 0.2) is 54.9 Å². The van der Waals surface area contributed by atoms with Crippen molar-refractivity contribution in [2.45, 2.75) is 32.7 Å². The zero-order valence-electron chi connectivity index (χ0n) is 16.9. The lowest BCUT2D eigenvalue weighted by Gasteiger charge is -2.12. The number of fused-ring (bicyclic) bond motifs is 1. The third kappa shape index (κ3) is 3.39. The summed E-state index contributed by atoms with van der Waals surface area (Å²) < 4.78 is 1.82. The molecule has 1 aliphatic carbocycles. The van der Waals surface area contributed by atoms with E-state index in [0.29, 0.717) is 17.4 Å². The van der Waals surface area contributed by atoms with Gasteiger partial charge in [0, 0.05) is 17.3 Å². The highest BCUT2D eigenvalue weighted by molar-refractivity contribution is 5.97. The van der Waals surface area contributed by atoms with Crippen LogP contribution in [-0.2, 0) is 0 Å². The van der Waals surface area contributed by atoms with Crippen LogP contribution in [0.3, 0.4) is 0 Å². The molecule has 0 bridgehead atoms. The molecule has 0 aliphatic heterocycles. The number of nitrogens with one attached hydrogen (secondary N) is 2. The van der Waals surface area contributed by atoms with Crippen molar-refractivity contribution in [3.05, 3.63) is 71.7 Å². The van der Waals surface area contributed by atoms with Gasteiger partial charge in [-0.25, -0.2) is 14.6 Å². The van der Waals surface area contributed by atoms with Gasteiger partial charge in [-0.05, 0) is 56.5 Å². The second kappa shape index (κ2) is 7.26. The fraction of sp³-hybridized carbons (Fsp3) is 0.217. The van der Waals surface area contributed by atoms with E-state index in [1.807, 2.05) is 67.1 Å². The lowest BCUT2D eigenvalue weighted by Crippen LogP contribution is -2.25. The van der Waals surface area contributed by atoms with Gasteiger partial charge in [0.25, 0.3) is 5.91 Å². The molecule has 0 saturated heterocycles. The van der Waals surface area contributed by atoms with Crippen molar-refractivity contribution in [1.82, 2.24) is 25.1 Å². The van der Waals surface area contributed by atoms with Gasteiger partial charge in [-0.3, -0.25) is 4.79 Å². The number of nitrogens with zero attached hydrogens (tertiary/aromatic N) is 4. The fourth-order valence-electron chi connectivity index (χ4n) is 3.48. The van der Waals surface area contributed by atoms with E-state index in [1.165, 1.54) is 6.33 Å². The third-order valence-corrected chi connectivity index (χ3v) is 5.31. The van der Waals surface area contributed by atoms with Crippen LogP contribution >= 0.6 is 0 Å². The number of hydrogen-bond acceptors (Lipinski definition) is 5. The molecule has 2 heterocycles. The van der Waals surface area contributed by atoms with Gasteiger partial charge in [-0.1, -0.05) is 24.3 Å². The minimum atomic E-state index is -0.0403. The number of anilines is 2. The van der Waals surface area contributed by atoms with Gasteiger partial charge < -0.3 is 10.6 Å². The van der Waals surface area contributed by atoms with Crippen LogP contribution in [0.2, 0.25) is 0 Å². The molecule has 1 fully saturated rings. The van der Waals surface area contributed by atoms with Gasteiger partial charge in [0.05, 0.1) is 16.8 Å². The van der Waals surface area contributed by atoms with Crippen molar-refractivity contribution in [3.8, 4) is 5.69 Å². The Hall–Kier alpha value is -3.74. The first-order chi connectivity index (χ1) is 14.6. The average molecular weight is 398 g/mol. The molecule has 0 spiro atoms. The Morgan fingerprint density at radius 3 is 2.63 bits per heavy atom. The van der Waals surface area contributed by atoms with E-state index in [1.54, 1.807) is 0 Å². The number of para-hydroxylation sites is 1. The Bertz CT molecular complexity index is 1240. The smallest absolute Gasteiger partial charge is 0.251 e. The first kappa shape index (κ1) is 18.3. The molecule has 1 aliphatic rings. The van der Waals surface area contributed by atoms with Crippen molar-refractivity contribution in [2.75, 3.05) is 5.32 Å². The average Bonchev–Trinajstić information content (AvgIpc) is 3.51. The maximum Gasteiger partial charge on any atom is 0.251 e. The number of carbonyl (C=O) groups excluding carboxylic acids is 1. The van der Waals surface area contributed by atoms with Gasteiger partial charge >= 0.3 is 0 Å². The molecule has 0 unspecified atom stereocenters. The second-order valence-electron chi connectivity index (χ2n) is 7.66. The maximum atomic E-state index is 12.5. The van der Waals surface area contributed by atoms with Crippen LogP contribution in [0, 0.1) is 13.8 Å². The van der Waals surface area contributed by atoms with E-state index in [4.69, 9.17) is 0 Å². The highest BCUT2D eigenvalue weighted by Crippen LogP contribution is 2.29. The summed E-state index contributed by atoms with van der Waals surface area (Å²) in [6.07, 6.45) is 3.66. The van der Waals surface area contributed by atoms with Crippen molar-refractivity contribution in [3.63, 3.8) is 0 Å². The predicted octanol–water partition coefficient (Wildman–Crippen LogP) is 4.07. The van der Waals surface area contributed by atoms with Gasteiger partial charge in [0.15, 0.2) is 5.65 Å². The maximum absolute atomic E-state index is 12.5. The van der Waals surface area contributed by atoms with Crippen LogP contribution in [0.5, 0.6) is 0 Å². The van der Waals surface area contributed by atoms with Gasteiger partial charge in [-0.15, -0.1) is 0 Å². The van der Waals surface area contributed by atoms with Crippen LogP contribution < -0.4 is 10.6 Å². The van der Waals surface area contributed by atoms with E-state index < -0.39 is 0 Å². The molecular weight excluding hydrogens is 376 g/mol. The lowest BCUT2D eigenvalue weighted by atomic mass is 10.1. The monoisotopic (exact) mass is 398 g/mol. The van der Waals surface area contributed by atoms with Crippen LogP contribution in [-0.4, -0.2) is 31.7 Å². The van der Waals surface area contributed by atoms with Gasteiger partial charge in [0.2, 0.25) is 0 Å². The van der Waals surface area contributed by atoms with E-state index in [-0.39, 0.29) is 5.91 Å². The van der Waals surface area contributed by atoms with Crippen molar-refractivity contribution >= 4 is 28.4 Å². The Kier molecular flexibility index (Phi) is 4.43. The number of aryl methyl sites for hydroxylation is 2. The largest absolute Gasteiger partial charge is 0.349 e. The number of carbonyl (C=O) groups is 1. The molecule has 150 valence electrons. The third-order valence-electron chi connectivity index (χ3n) is 5.31. The molecule has 2 N–H and O–H groups in total. The highest BCUT2D eigenvalue weighted by atomic mass is 16.1. The van der Waals surface area contributed by atoms with Crippen LogP contribution in [0.1, 0.15) is 34.5 Å². The number of benzene rings is 2. The van der Waals surface area contributed by atoms with Crippen molar-refractivity contribution < 1.29 is 4.79 Å². The first-order valence-electron chi connectivity index (χ1n) is 10.0. The van der Waals surface area contributed by atoms with Gasteiger partial charge in [0.1, 0.15) is 12.1 Å². The molecule has 2 aromatic heterocycles. The zero-order valence-corrected chi connectivity index (χ0v) is 16.9. The molecule has 0 radical (unpaired) electrons. The molecule has 1 amide bonds. The summed E-state index contributed by atoms with van der Waals surface area (Å²) in [5, 5.41) is 12.0. The van der Waals surface area contributed by atoms with E-state index >= 15 is 0 Å². The predicted molar refractivity (Wildman–Crippen MR) is 116 cm³/mol. The minimum absolute atomic E-state index is 0.0403. The highest BCUT2D eigenvalue weighted by Gasteiger charge is 2.24. The summed E-state index contributed by atoms with van der Waals surface area (Å²) >= 11 is 0. The molecule has 2 aromatic carbocycles. The second-order valence-corrected chi connectivity index (χ2v) is 7.66. The summed E-state index contributed by atoms with van der Waals surface area (Å²) in [7, 11) is 0. The lowest BCUT2D eigenvalue weighted by molar-refractivity contribution is 0.0951. The molecule has 30 heavy (non-hydrogen) atoms. The molecule has 7 heteroatoms. The number of rotatable bonds is 5. The standard InChI is InChI=1S/C23H22N6O/c1-14-8-9-16(23(30)26-17-10-11-17)12-19(14)27-21-20-15(2)28-29(22(20)25-13-24-21)18-6-4-3-5-7-18/h3-9,12-13,17H,10-11H2,1-2H3,(H,26,30)(H,24,25,27). The topological polar surface area (TPSA) is 84.7 Å². The molecule has 4 aromatic rings. The molecule has 7 nitrogen and oxygen atoms in total. The van der Waals surface area contributed by atoms with E-state index in [9.17, 15) is 4.79 Å². The molecule has 0 atom stereocenters. The fourth-order valence-corrected chi connectivity index (χ4v) is 3.48. The first-order valence-corrected chi connectivity index (χ1v) is 10.0. The zero-order chi connectivity index (χ0) is 20.7. The number of hydrogen-bond donors (Lipinski definition) is 2. The van der Waals surface area contributed by atoms with Crippen LogP contribution in [0.4, 0.5) is 11.5 Å². The summed E-state index contributed by atoms with van der Waals surface area (Å²) in [5.74, 6) is 0.629. The SMILES string of the molecule is Cc1ccc(C(=O)NC2CC2)cc1Nc1ncnc2c1c(C)nn2-c1ccccc1. The van der Waals surface area contributed by atoms with Crippen molar-refractivity contribution in [1.29, 1.82) is 0 Å². The molecular formula is C23H22N6O. The van der Waals surface area contributed by atoms with E-state index in [0.717, 1.165) is 46.5 Å². The Morgan fingerprint density at radius 2 is 1.87 bits per heavy atom. The van der Waals surface area contributed by atoms with E-state index in [2.05, 4.69) is 25.7 Å². The van der Waals surface area contributed by atoms with Crippen LogP contribution in [0.25, 0.3) is 16.7 Å². The summed E-state index contributed by atoms with van der Waals surface area (Å²) in [6, 6.07) is 15.9. The summed E-state index contributed by atoms with van der Waals surface area (Å²) in [6.45, 7) is 3.95. The molecule has 1 saturated carbocycles. The van der Waals surface area contributed by atoms with Crippen molar-refractivity contribution in [2.24, 2.45) is 0 Å². The Balaban J connectivity index is 1.53. The minimum Gasteiger partial charge on any atom is -0.349 e. The summed E-state index contributed by atoms with van der Waals surface area (Å²) in [4.78, 5) is 21.4. The molecule has 5 rings (SSSR count).